The minimum absolute atomic E-state index is 0.266. The van der Waals surface area contributed by atoms with E-state index in [1.54, 1.807) is 13.2 Å². The van der Waals surface area contributed by atoms with E-state index in [0.717, 1.165) is 43.7 Å². The number of benzene rings is 1. The summed E-state index contributed by atoms with van der Waals surface area (Å²) in [5.74, 6) is 1.41. The van der Waals surface area contributed by atoms with Crippen molar-refractivity contribution in [1.29, 1.82) is 0 Å². The van der Waals surface area contributed by atoms with Gasteiger partial charge in [-0.15, -0.1) is 0 Å². The molecule has 1 atom stereocenters. The Balaban J connectivity index is 2.06. The van der Waals surface area contributed by atoms with Crippen molar-refractivity contribution in [2.75, 3.05) is 26.8 Å². The number of piperidine rings is 1. The topological polar surface area (TPSA) is 49.8 Å². The van der Waals surface area contributed by atoms with E-state index in [2.05, 4.69) is 4.90 Å². The van der Waals surface area contributed by atoms with Crippen LogP contribution < -0.4 is 4.74 Å². The van der Waals surface area contributed by atoms with Gasteiger partial charge in [0.05, 0.1) is 7.11 Å². The lowest BCUT2D eigenvalue weighted by Gasteiger charge is -2.32. The van der Waals surface area contributed by atoms with Crippen LogP contribution in [0.5, 0.6) is 5.75 Å². The summed E-state index contributed by atoms with van der Waals surface area (Å²) in [6, 6.07) is 5.54. The summed E-state index contributed by atoms with van der Waals surface area (Å²) in [6.45, 7) is 3.14. The number of hydrogen-bond donors (Lipinski definition) is 1. The highest BCUT2D eigenvalue weighted by molar-refractivity contribution is 5.75. The lowest BCUT2D eigenvalue weighted by Crippen LogP contribution is -2.35. The van der Waals surface area contributed by atoms with Gasteiger partial charge in [-0.05, 0) is 49.9 Å². The number of carbonyl (C=O) groups is 1. The fourth-order valence-corrected chi connectivity index (χ4v) is 2.95. The summed E-state index contributed by atoms with van der Waals surface area (Å²) in [5.41, 5.74) is 1.74. The predicted octanol–water partition coefficient (Wildman–Crippen LogP) is 2.10. The number of aldehydes is 1. The fourth-order valence-electron chi connectivity index (χ4n) is 2.95. The van der Waals surface area contributed by atoms with Gasteiger partial charge in [0, 0.05) is 30.8 Å². The summed E-state index contributed by atoms with van der Waals surface area (Å²) < 4.78 is 5.38. The number of nitrogens with zero attached hydrogens (tertiary/aromatic N) is 1. The van der Waals surface area contributed by atoms with Gasteiger partial charge in [-0.25, -0.2) is 0 Å². The molecule has 4 heteroatoms. The van der Waals surface area contributed by atoms with E-state index < -0.39 is 0 Å². The molecule has 2 rings (SSSR count). The first-order valence-electron chi connectivity index (χ1n) is 7.22. The summed E-state index contributed by atoms with van der Waals surface area (Å²) in [7, 11) is 1.66. The van der Waals surface area contributed by atoms with Gasteiger partial charge in [-0.3, -0.25) is 9.69 Å². The second-order valence-electron chi connectivity index (χ2n) is 5.44. The van der Waals surface area contributed by atoms with Gasteiger partial charge in [0.1, 0.15) is 12.0 Å². The van der Waals surface area contributed by atoms with Gasteiger partial charge >= 0.3 is 0 Å². The van der Waals surface area contributed by atoms with Crippen molar-refractivity contribution in [3.8, 4) is 5.75 Å². The highest BCUT2D eigenvalue weighted by Crippen LogP contribution is 2.25. The molecule has 0 spiro atoms. The molecule has 0 amide bonds. The summed E-state index contributed by atoms with van der Waals surface area (Å²) in [4.78, 5) is 13.3. The lowest BCUT2D eigenvalue weighted by atomic mass is 9.94. The van der Waals surface area contributed by atoms with E-state index in [9.17, 15) is 4.79 Å². The molecule has 0 saturated carbocycles. The van der Waals surface area contributed by atoms with Gasteiger partial charge in [0.2, 0.25) is 0 Å². The Hall–Kier alpha value is -1.39. The number of rotatable bonds is 6. The van der Waals surface area contributed by atoms with Crippen LogP contribution in [-0.4, -0.2) is 43.1 Å². The average Bonchev–Trinajstić information content (AvgIpc) is 2.48. The predicted molar refractivity (Wildman–Crippen MR) is 78.1 cm³/mol. The first-order valence-corrected chi connectivity index (χ1v) is 7.22. The van der Waals surface area contributed by atoms with E-state index in [-0.39, 0.29) is 6.61 Å². The van der Waals surface area contributed by atoms with Crippen LogP contribution in [-0.2, 0) is 6.54 Å². The molecule has 0 aliphatic carbocycles. The first kappa shape index (κ1) is 15.0. The van der Waals surface area contributed by atoms with Gasteiger partial charge in [0.15, 0.2) is 0 Å². The van der Waals surface area contributed by atoms with Crippen LogP contribution in [0.15, 0.2) is 18.2 Å². The number of hydrogen-bond acceptors (Lipinski definition) is 4. The van der Waals surface area contributed by atoms with Crippen LogP contribution in [0.1, 0.15) is 35.2 Å². The van der Waals surface area contributed by atoms with Gasteiger partial charge < -0.3 is 9.84 Å². The van der Waals surface area contributed by atoms with Crippen molar-refractivity contribution in [3.05, 3.63) is 29.3 Å². The molecule has 4 nitrogen and oxygen atoms in total. The molecule has 1 unspecified atom stereocenters. The monoisotopic (exact) mass is 277 g/mol. The van der Waals surface area contributed by atoms with E-state index >= 15 is 0 Å². The Morgan fingerprint density at radius 3 is 3.05 bits per heavy atom. The highest BCUT2D eigenvalue weighted by Gasteiger charge is 2.20. The van der Waals surface area contributed by atoms with E-state index in [1.807, 2.05) is 12.1 Å². The molecule has 0 radical (unpaired) electrons. The Bertz CT molecular complexity index is 445. The molecule has 1 aromatic carbocycles. The van der Waals surface area contributed by atoms with Crippen molar-refractivity contribution >= 4 is 6.29 Å². The SMILES string of the molecule is COc1ccc(C=O)cc1CN1CCCC(CCO)C1. The zero-order chi connectivity index (χ0) is 14.4. The van der Waals surface area contributed by atoms with Gasteiger partial charge in [-0.1, -0.05) is 0 Å². The van der Waals surface area contributed by atoms with Crippen LogP contribution in [0.25, 0.3) is 0 Å². The molecule has 1 aliphatic heterocycles. The third-order valence-corrected chi connectivity index (χ3v) is 3.97. The molecule has 20 heavy (non-hydrogen) atoms. The third kappa shape index (κ3) is 3.81. The molecule has 1 aliphatic rings. The van der Waals surface area contributed by atoms with Crippen molar-refractivity contribution < 1.29 is 14.6 Å². The lowest BCUT2D eigenvalue weighted by molar-refractivity contribution is 0.112. The smallest absolute Gasteiger partial charge is 0.150 e. The zero-order valence-electron chi connectivity index (χ0n) is 12.0. The van der Waals surface area contributed by atoms with E-state index in [0.29, 0.717) is 11.5 Å². The quantitative estimate of drug-likeness (QED) is 0.809. The number of aliphatic hydroxyl groups is 1. The maximum Gasteiger partial charge on any atom is 0.150 e. The standard InChI is InChI=1S/C16H23NO3/c1-20-16-5-4-14(12-19)9-15(16)11-17-7-2-3-13(10-17)6-8-18/h4-5,9,12-13,18H,2-3,6-8,10-11H2,1H3. The molecule has 1 N–H and O–H groups in total. The van der Waals surface area contributed by atoms with Crippen LogP contribution in [0, 0.1) is 5.92 Å². The Morgan fingerprint density at radius 1 is 1.50 bits per heavy atom. The first-order chi connectivity index (χ1) is 9.76. The minimum Gasteiger partial charge on any atom is -0.496 e. The Labute approximate surface area is 120 Å². The summed E-state index contributed by atoms with van der Waals surface area (Å²) in [5, 5.41) is 9.07. The van der Waals surface area contributed by atoms with Crippen LogP contribution in [0.4, 0.5) is 0 Å². The largest absolute Gasteiger partial charge is 0.496 e. The molecule has 110 valence electrons. The normalized spacial score (nSPS) is 19.8. The number of aliphatic hydroxyl groups excluding tert-OH is 1. The van der Waals surface area contributed by atoms with Gasteiger partial charge in [0.25, 0.3) is 0 Å². The molecule has 1 saturated heterocycles. The number of carbonyl (C=O) groups excluding carboxylic acids is 1. The fraction of sp³-hybridized carbons (Fsp3) is 0.562. The number of methoxy groups -OCH3 is 1. The van der Waals surface area contributed by atoms with E-state index in [4.69, 9.17) is 9.84 Å². The second-order valence-corrected chi connectivity index (χ2v) is 5.44. The van der Waals surface area contributed by atoms with Gasteiger partial charge in [-0.2, -0.15) is 0 Å². The molecular formula is C16H23NO3. The van der Waals surface area contributed by atoms with Crippen molar-refractivity contribution in [2.24, 2.45) is 5.92 Å². The number of likely N-dealkylation sites (tertiary alicyclic amines) is 1. The third-order valence-electron chi connectivity index (χ3n) is 3.97. The highest BCUT2D eigenvalue weighted by atomic mass is 16.5. The van der Waals surface area contributed by atoms with Crippen LogP contribution >= 0.6 is 0 Å². The number of ether oxygens (including phenoxy) is 1. The van der Waals surface area contributed by atoms with Crippen molar-refractivity contribution in [2.45, 2.75) is 25.8 Å². The average molecular weight is 277 g/mol. The minimum atomic E-state index is 0.266. The molecule has 1 fully saturated rings. The van der Waals surface area contributed by atoms with Crippen LogP contribution in [0.2, 0.25) is 0 Å². The second kappa shape index (κ2) is 7.41. The maximum absolute atomic E-state index is 10.9. The van der Waals surface area contributed by atoms with Crippen LogP contribution in [0.3, 0.4) is 0 Å². The molecule has 1 heterocycles. The Kier molecular flexibility index (Phi) is 5.56. The zero-order valence-corrected chi connectivity index (χ0v) is 12.0. The summed E-state index contributed by atoms with van der Waals surface area (Å²) in [6.07, 6.45) is 4.11. The van der Waals surface area contributed by atoms with E-state index in [1.165, 1.54) is 12.8 Å². The molecule has 0 bridgehead atoms. The Morgan fingerprint density at radius 2 is 2.35 bits per heavy atom. The molecular weight excluding hydrogens is 254 g/mol. The maximum atomic E-state index is 10.9. The summed E-state index contributed by atoms with van der Waals surface area (Å²) >= 11 is 0. The van der Waals surface area contributed by atoms with Crippen molar-refractivity contribution in [3.63, 3.8) is 0 Å². The van der Waals surface area contributed by atoms with Crippen molar-refractivity contribution in [1.82, 2.24) is 4.90 Å². The molecule has 1 aromatic rings. The molecule has 0 aromatic heterocycles.